The molecule has 28 heavy (non-hydrogen) atoms. The molecule has 0 atom stereocenters. The van der Waals surface area contributed by atoms with Crippen LogP contribution in [0.4, 0.5) is 11.5 Å². The number of pyridine rings is 1. The van der Waals surface area contributed by atoms with Crippen LogP contribution in [-0.4, -0.2) is 19.9 Å². The Morgan fingerprint density at radius 2 is 1.75 bits per heavy atom. The molecule has 0 unspecified atom stereocenters. The van der Waals surface area contributed by atoms with Gasteiger partial charge in [-0.1, -0.05) is 48.0 Å². The largest absolute Gasteiger partial charge is 0.366 e. The molecule has 3 rings (SSSR count). The number of nitrogens with one attached hydrogen (secondary N) is 1. The number of aryl methyl sites for hydroxylation is 2. The smallest absolute Gasteiger partial charge is 0.263 e. The number of rotatable bonds is 7. The quantitative estimate of drug-likeness (QED) is 0.639. The van der Waals surface area contributed by atoms with E-state index in [9.17, 15) is 8.42 Å². The van der Waals surface area contributed by atoms with Crippen molar-refractivity contribution in [1.29, 1.82) is 0 Å². The Hall–Kier alpha value is -2.86. The first-order valence-corrected chi connectivity index (χ1v) is 10.7. The van der Waals surface area contributed by atoms with E-state index >= 15 is 0 Å². The molecule has 0 fully saturated rings. The second-order valence-electron chi connectivity index (χ2n) is 6.78. The Morgan fingerprint density at radius 1 is 1.00 bits per heavy atom. The summed E-state index contributed by atoms with van der Waals surface area (Å²) in [5, 5.41) is 0. The van der Waals surface area contributed by atoms with Gasteiger partial charge in [-0.15, -0.1) is 0 Å². The molecule has 0 aliphatic rings. The van der Waals surface area contributed by atoms with Gasteiger partial charge in [-0.3, -0.25) is 4.72 Å². The number of sulfonamides is 1. The van der Waals surface area contributed by atoms with Gasteiger partial charge in [-0.2, -0.15) is 0 Å². The maximum atomic E-state index is 12.7. The molecule has 0 bridgehead atoms. The van der Waals surface area contributed by atoms with Crippen LogP contribution < -0.4 is 9.62 Å². The van der Waals surface area contributed by atoms with Crippen LogP contribution in [0.5, 0.6) is 0 Å². The van der Waals surface area contributed by atoms with E-state index in [-0.39, 0.29) is 4.90 Å². The van der Waals surface area contributed by atoms with Gasteiger partial charge in [0.25, 0.3) is 10.0 Å². The molecular formula is C22H25N3O2S. The fraction of sp³-hybridized carbons (Fsp3) is 0.227. The lowest BCUT2D eigenvalue weighted by atomic mass is 10.2. The lowest BCUT2D eigenvalue weighted by Crippen LogP contribution is -2.22. The number of hydrogen-bond donors (Lipinski definition) is 1. The normalized spacial score (nSPS) is 11.2. The van der Waals surface area contributed by atoms with Crippen molar-refractivity contribution in [1.82, 2.24) is 4.98 Å². The van der Waals surface area contributed by atoms with E-state index in [1.165, 1.54) is 5.56 Å². The monoisotopic (exact) mass is 395 g/mol. The Bertz CT molecular complexity index is 1030. The molecule has 0 aliphatic carbocycles. The molecule has 146 valence electrons. The van der Waals surface area contributed by atoms with Crippen LogP contribution in [0.1, 0.15) is 23.6 Å². The molecule has 0 spiro atoms. The van der Waals surface area contributed by atoms with E-state index < -0.39 is 10.0 Å². The molecule has 0 saturated carbocycles. The van der Waals surface area contributed by atoms with Crippen molar-refractivity contribution < 1.29 is 8.42 Å². The molecule has 5 nitrogen and oxygen atoms in total. The highest BCUT2D eigenvalue weighted by molar-refractivity contribution is 7.92. The van der Waals surface area contributed by atoms with Crippen LogP contribution in [-0.2, 0) is 16.6 Å². The van der Waals surface area contributed by atoms with Crippen LogP contribution in [0.2, 0.25) is 0 Å². The van der Waals surface area contributed by atoms with E-state index in [0.29, 0.717) is 11.4 Å². The minimum absolute atomic E-state index is 0.267. The summed E-state index contributed by atoms with van der Waals surface area (Å²) < 4.78 is 27.9. The van der Waals surface area contributed by atoms with Crippen LogP contribution in [0, 0.1) is 13.8 Å². The summed E-state index contributed by atoms with van der Waals surface area (Å²) in [6.07, 6.45) is 1.70. The van der Waals surface area contributed by atoms with E-state index in [4.69, 9.17) is 0 Å². The lowest BCUT2D eigenvalue weighted by molar-refractivity contribution is 0.600. The predicted octanol–water partition coefficient (Wildman–Crippen LogP) is 4.53. The minimum atomic E-state index is -3.67. The summed E-state index contributed by atoms with van der Waals surface area (Å²) in [6, 6.07) is 19.1. The van der Waals surface area contributed by atoms with E-state index in [2.05, 4.69) is 33.7 Å². The predicted molar refractivity (Wildman–Crippen MR) is 114 cm³/mol. The lowest BCUT2D eigenvalue weighted by Gasteiger charge is -2.23. The van der Waals surface area contributed by atoms with Crippen LogP contribution in [0.15, 0.2) is 71.8 Å². The zero-order valence-corrected chi connectivity index (χ0v) is 17.2. The molecule has 6 heteroatoms. The van der Waals surface area contributed by atoms with E-state index in [1.807, 2.05) is 37.3 Å². The van der Waals surface area contributed by atoms with Crippen molar-refractivity contribution in [2.45, 2.75) is 32.2 Å². The maximum absolute atomic E-state index is 12.7. The second-order valence-corrected chi connectivity index (χ2v) is 8.43. The Labute approximate surface area is 167 Å². The van der Waals surface area contributed by atoms with Gasteiger partial charge in [-0.05, 0) is 50.1 Å². The summed E-state index contributed by atoms with van der Waals surface area (Å²) in [5.41, 5.74) is 3.89. The third-order valence-electron chi connectivity index (χ3n) is 4.57. The fourth-order valence-electron chi connectivity index (χ4n) is 3.12. The van der Waals surface area contributed by atoms with Gasteiger partial charge >= 0.3 is 0 Å². The zero-order valence-electron chi connectivity index (χ0n) is 16.4. The van der Waals surface area contributed by atoms with Gasteiger partial charge in [0, 0.05) is 13.1 Å². The van der Waals surface area contributed by atoms with Crippen molar-refractivity contribution in [2.24, 2.45) is 0 Å². The summed E-state index contributed by atoms with van der Waals surface area (Å²) in [4.78, 5) is 6.77. The van der Waals surface area contributed by atoms with Gasteiger partial charge < -0.3 is 4.90 Å². The molecule has 1 aromatic heterocycles. The number of aromatic nitrogens is 1. The van der Waals surface area contributed by atoms with Crippen molar-refractivity contribution in [3.05, 3.63) is 83.6 Å². The average molecular weight is 396 g/mol. The third kappa shape index (κ3) is 4.70. The Morgan fingerprint density at radius 3 is 2.36 bits per heavy atom. The SMILES string of the molecule is CCN(Cc1ccccc1)c1ccc(NS(=O)(=O)c2ccc(C)cc2C)nc1. The highest BCUT2D eigenvalue weighted by atomic mass is 32.2. The molecule has 2 aromatic carbocycles. The standard InChI is InChI=1S/C22H25N3O2S/c1-4-25(16-19-8-6-5-7-9-19)20-11-13-22(23-15-20)24-28(26,27)21-12-10-17(2)14-18(21)3/h5-15H,4,16H2,1-3H3,(H,23,24). The summed E-state index contributed by atoms with van der Waals surface area (Å²) in [7, 11) is -3.67. The molecule has 1 N–H and O–H groups in total. The summed E-state index contributed by atoms with van der Waals surface area (Å²) in [5.74, 6) is 0.305. The van der Waals surface area contributed by atoms with Crippen molar-refractivity contribution in [3.63, 3.8) is 0 Å². The Balaban J connectivity index is 1.76. The number of nitrogens with zero attached hydrogens (tertiary/aromatic N) is 2. The third-order valence-corrected chi connectivity index (χ3v) is 6.08. The fourth-order valence-corrected chi connectivity index (χ4v) is 4.35. The topological polar surface area (TPSA) is 62.3 Å². The summed E-state index contributed by atoms with van der Waals surface area (Å²) >= 11 is 0. The van der Waals surface area contributed by atoms with Crippen LogP contribution in [0.25, 0.3) is 0 Å². The van der Waals surface area contributed by atoms with Crippen molar-refractivity contribution in [2.75, 3.05) is 16.2 Å². The molecule has 1 heterocycles. The van der Waals surface area contributed by atoms with Gasteiger partial charge in [0.1, 0.15) is 5.82 Å². The summed E-state index contributed by atoms with van der Waals surface area (Å²) in [6.45, 7) is 7.41. The first kappa shape index (κ1) is 19.9. The van der Waals surface area contributed by atoms with Gasteiger partial charge in [0.2, 0.25) is 0 Å². The first-order chi connectivity index (χ1) is 13.4. The Kier molecular flexibility index (Phi) is 5.99. The minimum Gasteiger partial charge on any atom is -0.366 e. The number of anilines is 2. The first-order valence-electron chi connectivity index (χ1n) is 9.24. The van der Waals surface area contributed by atoms with E-state index in [0.717, 1.165) is 24.3 Å². The molecule has 0 aliphatic heterocycles. The number of benzene rings is 2. The second kappa shape index (κ2) is 8.44. The van der Waals surface area contributed by atoms with Gasteiger partial charge in [0.15, 0.2) is 0 Å². The number of hydrogen-bond acceptors (Lipinski definition) is 4. The van der Waals surface area contributed by atoms with E-state index in [1.54, 1.807) is 31.3 Å². The zero-order chi connectivity index (χ0) is 20.1. The van der Waals surface area contributed by atoms with Crippen molar-refractivity contribution in [3.8, 4) is 0 Å². The highest BCUT2D eigenvalue weighted by Gasteiger charge is 2.17. The molecule has 3 aromatic rings. The molecule has 0 saturated heterocycles. The van der Waals surface area contributed by atoms with Crippen LogP contribution in [0.3, 0.4) is 0 Å². The highest BCUT2D eigenvalue weighted by Crippen LogP contribution is 2.22. The maximum Gasteiger partial charge on any atom is 0.263 e. The van der Waals surface area contributed by atoms with Gasteiger partial charge in [-0.25, -0.2) is 13.4 Å². The van der Waals surface area contributed by atoms with Crippen molar-refractivity contribution >= 4 is 21.5 Å². The molecule has 0 radical (unpaired) electrons. The van der Waals surface area contributed by atoms with Crippen LogP contribution >= 0.6 is 0 Å². The average Bonchev–Trinajstić information content (AvgIpc) is 2.67. The molecule has 0 amide bonds. The molecular weight excluding hydrogens is 370 g/mol. The van der Waals surface area contributed by atoms with Gasteiger partial charge in [0.05, 0.1) is 16.8 Å².